The fourth-order valence-electron chi connectivity index (χ4n) is 3.30. The first-order valence-electron chi connectivity index (χ1n) is 7.28. The number of fused-ring (bicyclic) bond motifs is 1. The molecule has 1 fully saturated rings. The smallest absolute Gasteiger partial charge is 0.0700 e. The second kappa shape index (κ2) is 5.41. The maximum atomic E-state index is 5.69. The lowest BCUT2D eigenvalue weighted by atomic mass is 9.81. The molecule has 1 aliphatic carbocycles. The second-order valence-electron chi connectivity index (χ2n) is 5.70. The third-order valence-electron chi connectivity index (χ3n) is 4.41. The number of hydrogen-bond donors (Lipinski definition) is 1. The second-order valence-corrected chi connectivity index (χ2v) is 5.70. The van der Waals surface area contributed by atoms with Crippen LogP contribution in [0.2, 0.25) is 0 Å². The summed E-state index contributed by atoms with van der Waals surface area (Å²) in [5.41, 5.74) is 3.04. The summed E-state index contributed by atoms with van der Waals surface area (Å²) in [6.07, 6.45) is 5.43. The Morgan fingerprint density at radius 3 is 2.78 bits per heavy atom. The van der Waals surface area contributed by atoms with Gasteiger partial charge in [-0.25, -0.2) is 0 Å². The van der Waals surface area contributed by atoms with Crippen molar-refractivity contribution < 1.29 is 4.74 Å². The highest BCUT2D eigenvalue weighted by Crippen LogP contribution is 2.36. The number of nitrogens with one attached hydrogen (secondary N) is 1. The van der Waals surface area contributed by atoms with Gasteiger partial charge < -0.3 is 10.1 Å². The predicted molar refractivity (Wildman–Crippen MR) is 73.8 cm³/mol. The number of ether oxygens (including phenoxy) is 1. The third-order valence-corrected chi connectivity index (χ3v) is 4.41. The topological polar surface area (TPSA) is 21.3 Å². The normalized spacial score (nSPS) is 31.3. The van der Waals surface area contributed by atoms with Crippen LogP contribution in [0.25, 0.3) is 0 Å². The zero-order valence-corrected chi connectivity index (χ0v) is 11.2. The molecular weight excluding hydrogens is 222 g/mol. The molecule has 1 saturated heterocycles. The molecule has 1 aromatic carbocycles. The summed E-state index contributed by atoms with van der Waals surface area (Å²) in [6.45, 7) is 4.30. The first-order valence-corrected chi connectivity index (χ1v) is 7.28. The lowest BCUT2D eigenvalue weighted by molar-refractivity contribution is 0.106. The molecule has 0 spiro atoms. The molecule has 3 unspecified atom stereocenters. The van der Waals surface area contributed by atoms with Crippen LogP contribution in [0.15, 0.2) is 24.3 Å². The van der Waals surface area contributed by atoms with Crippen LogP contribution in [0.3, 0.4) is 0 Å². The van der Waals surface area contributed by atoms with Gasteiger partial charge in [0.2, 0.25) is 0 Å². The maximum absolute atomic E-state index is 5.69. The molecule has 3 atom stereocenters. The van der Waals surface area contributed by atoms with Crippen LogP contribution in [0.4, 0.5) is 0 Å². The van der Waals surface area contributed by atoms with E-state index >= 15 is 0 Å². The molecule has 98 valence electrons. The van der Waals surface area contributed by atoms with Gasteiger partial charge in [0.1, 0.15) is 0 Å². The van der Waals surface area contributed by atoms with Gasteiger partial charge in [-0.2, -0.15) is 0 Å². The predicted octanol–water partition coefficient (Wildman–Crippen LogP) is 3.39. The van der Waals surface area contributed by atoms with Gasteiger partial charge in [-0.3, -0.25) is 0 Å². The summed E-state index contributed by atoms with van der Waals surface area (Å²) in [4.78, 5) is 0. The highest BCUT2D eigenvalue weighted by molar-refractivity contribution is 5.34. The maximum Gasteiger partial charge on any atom is 0.0700 e. The van der Waals surface area contributed by atoms with E-state index < -0.39 is 0 Å². The Hall–Kier alpha value is -0.860. The van der Waals surface area contributed by atoms with Crippen molar-refractivity contribution in [2.24, 2.45) is 0 Å². The molecule has 0 saturated carbocycles. The molecule has 0 amide bonds. The van der Waals surface area contributed by atoms with Gasteiger partial charge in [-0.05, 0) is 42.7 Å². The van der Waals surface area contributed by atoms with Crippen molar-refractivity contribution in [3.8, 4) is 0 Å². The molecule has 2 aliphatic rings. The van der Waals surface area contributed by atoms with E-state index in [9.17, 15) is 0 Å². The fraction of sp³-hybridized carbons (Fsp3) is 0.625. The first-order chi connectivity index (χ1) is 8.84. The Kier molecular flexibility index (Phi) is 3.67. The van der Waals surface area contributed by atoms with Gasteiger partial charge in [0.05, 0.1) is 6.10 Å². The van der Waals surface area contributed by atoms with E-state index in [1.807, 2.05) is 0 Å². The van der Waals surface area contributed by atoms with Crippen molar-refractivity contribution in [3.05, 3.63) is 35.4 Å². The Labute approximate surface area is 110 Å². The molecule has 1 N–H and O–H groups in total. The molecule has 1 aromatic rings. The zero-order valence-electron chi connectivity index (χ0n) is 11.2. The molecule has 3 rings (SSSR count). The minimum atomic E-state index is 0.441. The van der Waals surface area contributed by atoms with E-state index in [-0.39, 0.29) is 0 Å². The van der Waals surface area contributed by atoms with E-state index in [1.165, 1.54) is 36.8 Å². The molecule has 2 nitrogen and oxygen atoms in total. The van der Waals surface area contributed by atoms with Gasteiger partial charge in [0, 0.05) is 19.2 Å². The highest BCUT2D eigenvalue weighted by Gasteiger charge is 2.25. The molecule has 18 heavy (non-hydrogen) atoms. The average molecular weight is 245 g/mol. The van der Waals surface area contributed by atoms with Crippen molar-refractivity contribution in [2.45, 2.75) is 50.7 Å². The summed E-state index contributed by atoms with van der Waals surface area (Å²) in [7, 11) is 0. The molecule has 0 radical (unpaired) electrons. The highest BCUT2D eigenvalue weighted by atomic mass is 16.5. The quantitative estimate of drug-likeness (QED) is 0.881. The van der Waals surface area contributed by atoms with Crippen molar-refractivity contribution in [1.82, 2.24) is 5.32 Å². The summed E-state index contributed by atoms with van der Waals surface area (Å²) in [5.74, 6) is 0.710. The van der Waals surface area contributed by atoms with Gasteiger partial charge >= 0.3 is 0 Å². The number of benzene rings is 1. The van der Waals surface area contributed by atoms with Crippen LogP contribution in [-0.2, 0) is 4.74 Å². The van der Waals surface area contributed by atoms with Gasteiger partial charge in [-0.1, -0.05) is 31.2 Å². The van der Waals surface area contributed by atoms with Crippen molar-refractivity contribution in [1.29, 1.82) is 0 Å². The molecule has 1 heterocycles. The Bertz CT molecular complexity index is 398. The molecule has 1 aliphatic heterocycles. The molecule has 0 aromatic heterocycles. The van der Waals surface area contributed by atoms with Crippen LogP contribution in [-0.4, -0.2) is 19.3 Å². The summed E-state index contributed by atoms with van der Waals surface area (Å²) in [5, 5.41) is 3.72. The van der Waals surface area contributed by atoms with Crippen LogP contribution < -0.4 is 5.32 Å². The fourth-order valence-corrected chi connectivity index (χ4v) is 3.30. The zero-order chi connectivity index (χ0) is 12.4. The van der Waals surface area contributed by atoms with E-state index in [1.54, 1.807) is 0 Å². The monoisotopic (exact) mass is 245 g/mol. The summed E-state index contributed by atoms with van der Waals surface area (Å²) < 4.78 is 5.69. The first kappa shape index (κ1) is 12.2. The number of rotatable bonds is 3. The average Bonchev–Trinajstić information content (AvgIpc) is 2.92. The van der Waals surface area contributed by atoms with Crippen LogP contribution in [0.5, 0.6) is 0 Å². The van der Waals surface area contributed by atoms with Gasteiger partial charge in [-0.15, -0.1) is 0 Å². The van der Waals surface area contributed by atoms with Crippen molar-refractivity contribution in [2.75, 3.05) is 13.2 Å². The molecule has 2 heteroatoms. The van der Waals surface area contributed by atoms with E-state index in [0.29, 0.717) is 18.1 Å². The minimum Gasteiger partial charge on any atom is -0.377 e. The standard InChI is InChI=1S/C16H23NO/c1-12-8-9-16(15-7-3-2-6-14(12)15)17-11-13-5-4-10-18-13/h2-3,6-7,12-13,16-17H,4-5,8-11H2,1H3. The summed E-state index contributed by atoms with van der Waals surface area (Å²) >= 11 is 0. The Balaban J connectivity index is 1.68. The Morgan fingerprint density at radius 1 is 1.17 bits per heavy atom. The van der Waals surface area contributed by atoms with Crippen LogP contribution >= 0.6 is 0 Å². The lowest BCUT2D eigenvalue weighted by Crippen LogP contribution is -2.32. The van der Waals surface area contributed by atoms with Gasteiger partial charge in [0.15, 0.2) is 0 Å². The Morgan fingerprint density at radius 2 is 2.00 bits per heavy atom. The van der Waals surface area contributed by atoms with E-state index in [4.69, 9.17) is 4.74 Å². The summed E-state index contributed by atoms with van der Waals surface area (Å²) in [6, 6.07) is 9.44. The molecule has 0 bridgehead atoms. The minimum absolute atomic E-state index is 0.441. The SMILES string of the molecule is CC1CCC(NCC2CCCO2)c2ccccc21. The molecular formula is C16H23NO. The van der Waals surface area contributed by atoms with E-state index in [0.717, 1.165) is 13.2 Å². The van der Waals surface area contributed by atoms with Crippen LogP contribution in [0, 0.1) is 0 Å². The lowest BCUT2D eigenvalue weighted by Gasteiger charge is -2.31. The van der Waals surface area contributed by atoms with E-state index in [2.05, 4.69) is 36.5 Å². The van der Waals surface area contributed by atoms with Crippen LogP contribution in [0.1, 0.15) is 55.7 Å². The third kappa shape index (κ3) is 2.45. The van der Waals surface area contributed by atoms with Gasteiger partial charge in [0.25, 0.3) is 0 Å². The van der Waals surface area contributed by atoms with Crippen molar-refractivity contribution >= 4 is 0 Å². The number of hydrogen-bond acceptors (Lipinski definition) is 2. The largest absolute Gasteiger partial charge is 0.377 e. The van der Waals surface area contributed by atoms with Crippen molar-refractivity contribution in [3.63, 3.8) is 0 Å².